The maximum Gasteiger partial charge on any atom is 0.228 e. The quantitative estimate of drug-likeness (QED) is 0.868. The zero-order valence-electron chi connectivity index (χ0n) is 10.6. The highest BCUT2D eigenvalue weighted by molar-refractivity contribution is 5.06. The van der Waals surface area contributed by atoms with Gasteiger partial charge in [-0.3, -0.25) is 0 Å². The zero-order chi connectivity index (χ0) is 11.8. The fourth-order valence-electron chi connectivity index (χ4n) is 3.43. The van der Waals surface area contributed by atoms with Crippen LogP contribution < -0.4 is 5.32 Å². The van der Waals surface area contributed by atoms with Gasteiger partial charge in [-0.05, 0) is 45.1 Å². The second-order valence-electron chi connectivity index (χ2n) is 5.72. The fourth-order valence-corrected chi connectivity index (χ4v) is 3.43. The van der Waals surface area contributed by atoms with Gasteiger partial charge in [0.2, 0.25) is 5.89 Å². The number of nitrogens with zero attached hydrogens (tertiary/aromatic N) is 2. The minimum Gasteiger partial charge on any atom is -0.339 e. The van der Waals surface area contributed by atoms with E-state index >= 15 is 0 Å². The van der Waals surface area contributed by atoms with Gasteiger partial charge >= 0.3 is 0 Å². The highest BCUT2D eigenvalue weighted by Gasteiger charge is 2.42. The molecule has 0 radical (unpaired) electrons. The normalized spacial score (nSPS) is 33.2. The average Bonchev–Trinajstić information content (AvgIpc) is 3.03. The lowest BCUT2D eigenvalue weighted by atomic mass is 9.88. The Bertz CT molecular complexity index is 390. The summed E-state index contributed by atoms with van der Waals surface area (Å²) in [6.07, 6.45) is 6.28. The number of fused-ring (bicyclic) bond motifs is 2. The molecule has 4 unspecified atom stereocenters. The number of nitrogens with one attached hydrogen (secondary N) is 1. The molecule has 1 aromatic rings. The van der Waals surface area contributed by atoms with Crippen molar-refractivity contribution in [2.45, 2.75) is 51.0 Å². The van der Waals surface area contributed by atoms with E-state index in [2.05, 4.69) is 22.4 Å². The van der Waals surface area contributed by atoms with E-state index in [4.69, 9.17) is 4.52 Å². The van der Waals surface area contributed by atoms with E-state index in [1.54, 1.807) is 0 Å². The van der Waals surface area contributed by atoms with Crippen LogP contribution in [0.3, 0.4) is 0 Å². The molecular formula is C13H21N3O. The van der Waals surface area contributed by atoms with Crippen molar-refractivity contribution >= 4 is 0 Å². The third-order valence-corrected chi connectivity index (χ3v) is 4.53. The van der Waals surface area contributed by atoms with Crippen LogP contribution in [0.5, 0.6) is 0 Å². The van der Waals surface area contributed by atoms with Crippen molar-refractivity contribution in [3.05, 3.63) is 11.7 Å². The molecule has 0 amide bonds. The molecule has 1 N–H and O–H groups in total. The Morgan fingerprint density at radius 2 is 2.29 bits per heavy atom. The number of hydrogen-bond donors (Lipinski definition) is 1. The van der Waals surface area contributed by atoms with Crippen LogP contribution in [0.15, 0.2) is 4.52 Å². The smallest absolute Gasteiger partial charge is 0.228 e. The predicted octanol–water partition coefficient (Wildman–Crippen LogP) is 2.12. The molecule has 0 aliphatic heterocycles. The Morgan fingerprint density at radius 3 is 2.94 bits per heavy atom. The Kier molecular flexibility index (Phi) is 2.90. The molecule has 2 fully saturated rings. The summed E-state index contributed by atoms with van der Waals surface area (Å²) >= 11 is 0. The molecule has 17 heavy (non-hydrogen) atoms. The molecule has 1 heterocycles. The van der Waals surface area contributed by atoms with E-state index in [1.165, 1.54) is 25.7 Å². The van der Waals surface area contributed by atoms with E-state index in [-0.39, 0.29) is 0 Å². The molecule has 2 aliphatic carbocycles. The summed E-state index contributed by atoms with van der Waals surface area (Å²) in [6, 6.07) is 0.392. The second kappa shape index (κ2) is 4.41. The fraction of sp³-hybridized carbons (Fsp3) is 0.846. The van der Waals surface area contributed by atoms with E-state index in [9.17, 15) is 0 Å². The van der Waals surface area contributed by atoms with Crippen molar-refractivity contribution in [1.82, 2.24) is 15.5 Å². The topological polar surface area (TPSA) is 51.0 Å². The lowest BCUT2D eigenvalue weighted by Gasteiger charge is -2.17. The molecule has 4 atom stereocenters. The highest BCUT2D eigenvalue weighted by Crippen LogP contribution is 2.52. The van der Waals surface area contributed by atoms with Crippen LogP contribution in [0.25, 0.3) is 0 Å². The summed E-state index contributed by atoms with van der Waals surface area (Å²) in [5.41, 5.74) is 0. The number of likely N-dealkylation sites (N-methyl/N-ethyl adjacent to an activating group) is 1. The van der Waals surface area contributed by atoms with Crippen molar-refractivity contribution in [2.75, 3.05) is 7.05 Å². The Hall–Kier alpha value is -0.900. The highest BCUT2D eigenvalue weighted by atomic mass is 16.5. The maximum absolute atomic E-state index is 5.36. The van der Waals surface area contributed by atoms with Gasteiger partial charge in [0.05, 0.1) is 0 Å². The molecule has 2 bridgehead atoms. The van der Waals surface area contributed by atoms with Gasteiger partial charge in [-0.1, -0.05) is 11.6 Å². The minimum absolute atomic E-state index is 0.392. The first-order chi connectivity index (χ1) is 8.26. The first kappa shape index (κ1) is 11.2. The molecule has 0 saturated heterocycles. The molecule has 0 aromatic carbocycles. The molecule has 1 aromatic heterocycles. The van der Waals surface area contributed by atoms with Gasteiger partial charge in [-0.15, -0.1) is 0 Å². The van der Waals surface area contributed by atoms with E-state index in [0.717, 1.165) is 30.0 Å². The first-order valence-corrected chi connectivity index (χ1v) is 6.76. The number of rotatable bonds is 4. The maximum atomic E-state index is 5.36. The molecule has 4 nitrogen and oxygen atoms in total. The summed E-state index contributed by atoms with van der Waals surface area (Å²) < 4.78 is 5.36. The minimum atomic E-state index is 0.392. The second-order valence-corrected chi connectivity index (χ2v) is 5.72. The third-order valence-electron chi connectivity index (χ3n) is 4.53. The average molecular weight is 235 g/mol. The van der Waals surface area contributed by atoms with Crippen molar-refractivity contribution in [3.63, 3.8) is 0 Å². The van der Waals surface area contributed by atoms with E-state index < -0.39 is 0 Å². The van der Waals surface area contributed by atoms with Crippen molar-refractivity contribution in [3.8, 4) is 0 Å². The number of aromatic nitrogens is 2. The molecule has 2 saturated carbocycles. The van der Waals surface area contributed by atoms with Crippen molar-refractivity contribution in [1.29, 1.82) is 0 Å². The third kappa shape index (κ3) is 2.10. The lowest BCUT2D eigenvalue weighted by Crippen LogP contribution is -2.23. The summed E-state index contributed by atoms with van der Waals surface area (Å²) in [5, 5.41) is 7.38. The number of hydrogen-bond acceptors (Lipinski definition) is 4. The summed E-state index contributed by atoms with van der Waals surface area (Å²) in [7, 11) is 1.96. The Labute approximate surface area is 102 Å². The molecule has 94 valence electrons. The van der Waals surface area contributed by atoms with Crippen molar-refractivity contribution in [2.24, 2.45) is 11.8 Å². The van der Waals surface area contributed by atoms with Gasteiger partial charge in [0, 0.05) is 18.4 Å². The SMILES string of the molecule is CNC(C)Cc1nc(C2CC3CCC2C3)no1. The monoisotopic (exact) mass is 235 g/mol. The molecule has 4 heteroatoms. The molecule has 2 aliphatic rings. The van der Waals surface area contributed by atoms with Crippen LogP contribution in [0.1, 0.15) is 50.2 Å². The van der Waals surface area contributed by atoms with Gasteiger partial charge in [-0.2, -0.15) is 4.98 Å². The van der Waals surface area contributed by atoms with Gasteiger partial charge < -0.3 is 9.84 Å². The first-order valence-electron chi connectivity index (χ1n) is 6.76. The summed E-state index contributed by atoms with van der Waals surface area (Å²) in [5.74, 6) is 4.09. The largest absolute Gasteiger partial charge is 0.339 e. The van der Waals surface area contributed by atoms with Crippen LogP contribution in [-0.2, 0) is 6.42 Å². The molecule has 0 spiro atoms. The van der Waals surface area contributed by atoms with Gasteiger partial charge in [0.1, 0.15) is 0 Å². The van der Waals surface area contributed by atoms with E-state index in [0.29, 0.717) is 12.0 Å². The zero-order valence-corrected chi connectivity index (χ0v) is 10.6. The Morgan fingerprint density at radius 1 is 1.41 bits per heavy atom. The Balaban J connectivity index is 1.68. The van der Waals surface area contributed by atoms with Gasteiger partial charge in [0.25, 0.3) is 0 Å². The van der Waals surface area contributed by atoms with Gasteiger partial charge in [0.15, 0.2) is 5.82 Å². The summed E-state index contributed by atoms with van der Waals surface area (Å²) in [6.45, 7) is 2.13. The predicted molar refractivity (Wildman–Crippen MR) is 64.7 cm³/mol. The van der Waals surface area contributed by atoms with E-state index in [1.807, 2.05) is 7.05 Å². The lowest BCUT2D eigenvalue weighted by molar-refractivity contribution is 0.344. The molecule has 3 rings (SSSR count). The van der Waals surface area contributed by atoms with Crippen LogP contribution in [0, 0.1) is 11.8 Å². The van der Waals surface area contributed by atoms with Crippen LogP contribution >= 0.6 is 0 Å². The van der Waals surface area contributed by atoms with Crippen LogP contribution in [0.2, 0.25) is 0 Å². The van der Waals surface area contributed by atoms with Crippen LogP contribution in [0.4, 0.5) is 0 Å². The van der Waals surface area contributed by atoms with Gasteiger partial charge in [-0.25, -0.2) is 0 Å². The standard InChI is InChI=1S/C13H21N3O/c1-8(14-2)5-12-15-13(16-17-12)11-7-9-3-4-10(11)6-9/h8-11,14H,3-7H2,1-2H3. The molecular weight excluding hydrogens is 214 g/mol. The van der Waals surface area contributed by atoms with Crippen molar-refractivity contribution < 1.29 is 4.52 Å². The van der Waals surface area contributed by atoms with Crippen LogP contribution in [-0.4, -0.2) is 23.2 Å². The summed E-state index contributed by atoms with van der Waals surface area (Å²) in [4.78, 5) is 4.58.